The van der Waals surface area contributed by atoms with Crippen LogP contribution in [-0.4, -0.2) is 49.2 Å². The van der Waals surface area contributed by atoms with Crippen LogP contribution in [0.25, 0.3) is 0 Å². The van der Waals surface area contributed by atoms with E-state index in [0.717, 1.165) is 39.1 Å². The van der Waals surface area contributed by atoms with Gasteiger partial charge in [0.05, 0.1) is 13.2 Å². The number of carbonyl (C=O) groups excluding carboxylic acids is 1. The number of hydrogen-bond acceptors (Lipinski definition) is 3. The zero-order valence-electron chi connectivity index (χ0n) is 13.5. The van der Waals surface area contributed by atoms with Crippen LogP contribution in [0.1, 0.15) is 31.2 Å². The molecule has 1 aromatic rings. The molecule has 0 bridgehead atoms. The van der Waals surface area contributed by atoms with Gasteiger partial charge in [0.2, 0.25) is 5.91 Å². The Balaban J connectivity index is 1.47. The third kappa shape index (κ3) is 3.90. The number of benzene rings is 1. The first kappa shape index (κ1) is 16.4. The lowest BCUT2D eigenvalue weighted by Crippen LogP contribution is -2.62. The Hall–Kier alpha value is -1.46. The van der Waals surface area contributed by atoms with Crippen molar-refractivity contribution in [2.75, 3.05) is 32.8 Å². The quantitative estimate of drug-likeness (QED) is 0.873. The smallest absolute Gasteiger partial charge is 0.220 e. The van der Waals surface area contributed by atoms with Gasteiger partial charge in [-0.2, -0.15) is 0 Å². The molecule has 0 spiro atoms. The van der Waals surface area contributed by atoms with E-state index in [1.54, 1.807) is 18.2 Å². The molecule has 0 atom stereocenters. The minimum absolute atomic E-state index is 0.00721. The maximum absolute atomic E-state index is 13.6. The van der Waals surface area contributed by atoms with Crippen molar-refractivity contribution in [2.24, 2.45) is 0 Å². The highest BCUT2D eigenvalue weighted by Crippen LogP contribution is 2.37. The summed E-state index contributed by atoms with van der Waals surface area (Å²) in [6.45, 7) is 4.16. The molecule has 1 heterocycles. The number of aryl methyl sites for hydroxylation is 1. The summed E-state index contributed by atoms with van der Waals surface area (Å²) < 4.78 is 19.0. The summed E-state index contributed by atoms with van der Waals surface area (Å²) in [6.07, 6.45) is 4.28. The summed E-state index contributed by atoms with van der Waals surface area (Å²) in [7, 11) is 0. The maximum atomic E-state index is 13.6. The largest absolute Gasteiger partial charge is 0.379 e. The van der Waals surface area contributed by atoms with E-state index in [1.807, 2.05) is 0 Å². The second-order valence-corrected chi connectivity index (χ2v) is 6.55. The second-order valence-electron chi connectivity index (χ2n) is 6.55. The minimum atomic E-state index is -0.232. The van der Waals surface area contributed by atoms with Gasteiger partial charge in [0.1, 0.15) is 5.82 Å². The number of rotatable bonds is 6. The van der Waals surface area contributed by atoms with Crippen molar-refractivity contribution < 1.29 is 13.9 Å². The van der Waals surface area contributed by atoms with Crippen LogP contribution in [0.5, 0.6) is 0 Å². The van der Waals surface area contributed by atoms with Crippen molar-refractivity contribution in [1.82, 2.24) is 10.2 Å². The Morgan fingerprint density at radius 2 is 2.00 bits per heavy atom. The van der Waals surface area contributed by atoms with Gasteiger partial charge >= 0.3 is 0 Å². The van der Waals surface area contributed by atoms with Gasteiger partial charge in [-0.25, -0.2) is 4.39 Å². The number of morpholine rings is 1. The summed E-state index contributed by atoms with van der Waals surface area (Å²) in [4.78, 5) is 14.6. The fourth-order valence-corrected chi connectivity index (χ4v) is 3.53. The Morgan fingerprint density at radius 3 is 2.65 bits per heavy atom. The highest BCUT2D eigenvalue weighted by atomic mass is 19.1. The lowest BCUT2D eigenvalue weighted by atomic mass is 9.75. The van der Waals surface area contributed by atoms with E-state index in [1.165, 1.54) is 12.5 Å². The molecule has 1 N–H and O–H groups in total. The van der Waals surface area contributed by atoms with Crippen molar-refractivity contribution >= 4 is 5.91 Å². The Bertz CT molecular complexity index is 540. The topological polar surface area (TPSA) is 41.6 Å². The summed E-state index contributed by atoms with van der Waals surface area (Å²) in [5, 5.41) is 3.07. The molecular weight excluding hydrogens is 295 g/mol. The number of carbonyl (C=O) groups is 1. The van der Waals surface area contributed by atoms with Crippen LogP contribution in [0.3, 0.4) is 0 Å². The molecule has 1 aliphatic heterocycles. The monoisotopic (exact) mass is 320 g/mol. The predicted molar refractivity (Wildman–Crippen MR) is 86.7 cm³/mol. The SMILES string of the molecule is O=C(CCc1ccccc1F)NCC1(N2CCOCC2)CCC1. The van der Waals surface area contributed by atoms with Crippen LogP contribution < -0.4 is 5.32 Å². The molecule has 1 saturated carbocycles. The zero-order valence-corrected chi connectivity index (χ0v) is 13.5. The van der Waals surface area contributed by atoms with Crippen LogP contribution >= 0.6 is 0 Å². The van der Waals surface area contributed by atoms with Crippen LogP contribution in [-0.2, 0) is 16.0 Å². The van der Waals surface area contributed by atoms with Gasteiger partial charge < -0.3 is 10.1 Å². The van der Waals surface area contributed by atoms with E-state index in [2.05, 4.69) is 10.2 Å². The van der Waals surface area contributed by atoms with Gasteiger partial charge in [-0.3, -0.25) is 9.69 Å². The van der Waals surface area contributed by atoms with E-state index < -0.39 is 0 Å². The van der Waals surface area contributed by atoms with E-state index in [-0.39, 0.29) is 17.3 Å². The summed E-state index contributed by atoms with van der Waals surface area (Å²) in [6, 6.07) is 6.65. The Kier molecular flexibility index (Phi) is 5.28. The van der Waals surface area contributed by atoms with Crippen molar-refractivity contribution in [1.29, 1.82) is 0 Å². The summed E-state index contributed by atoms with van der Waals surface area (Å²) in [5.74, 6) is -0.225. The maximum Gasteiger partial charge on any atom is 0.220 e. The van der Waals surface area contributed by atoms with E-state index in [9.17, 15) is 9.18 Å². The molecule has 3 rings (SSSR count). The normalized spacial score (nSPS) is 20.7. The fourth-order valence-electron chi connectivity index (χ4n) is 3.53. The van der Waals surface area contributed by atoms with Crippen molar-refractivity contribution in [3.05, 3.63) is 35.6 Å². The molecule has 23 heavy (non-hydrogen) atoms. The third-order valence-electron chi connectivity index (χ3n) is 5.16. The van der Waals surface area contributed by atoms with Gasteiger partial charge in [0, 0.05) is 31.6 Å². The van der Waals surface area contributed by atoms with Gasteiger partial charge in [-0.1, -0.05) is 18.2 Å². The molecule has 1 amide bonds. The number of nitrogens with zero attached hydrogens (tertiary/aromatic N) is 1. The van der Waals surface area contributed by atoms with Crippen molar-refractivity contribution in [3.8, 4) is 0 Å². The highest BCUT2D eigenvalue weighted by molar-refractivity contribution is 5.76. The van der Waals surface area contributed by atoms with E-state index in [4.69, 9.17) is 4.74 Å². The number of hydrogen-bond donors (Lipinski definition) is 1. The highest BCUT2D eigenvalue weighted by Gasteiger charge is 2.42. The Labute approximate surface area is 137 Å². The molecule has 5 heteroatoms. The number of nitrogens with one attached hydrogen (secondary N) is 1. The lowest BCUT2D eigenvalue weighted by molar-refractivity contribution is -0.123. The van der Waals surface area contributed by atoms with E-state index in [0.29, 0.717) is 24.9 Å². The molecule has 0 radical (unpaired) electrons. The molecule has 0 aromatic heterocycles. The van der Waals surface area contributed by atoms with Gasteiger partial charge in [-0.15, -0.1) is 0 Å². The molecule has 4 nitrogen and oxygen atoms in total. The summed E-state index contributed by atoms with van der Waals surface area (Å²) in [5.41, 5.74) is 0.728. The van der Waals surface area contributed by atoms with Crippen LogP contribution in [0.15, 0.2) is 24.3 Å². The van der Waals surface area contributed by atoms with Crippen LogP contribution in [0.2, 0.25) is 0 Å². The number of ether oxygens (including phenoxy) is 1. The molecular formula is C18H25FN2O2. The lowest BCUT2D eigenvalue weighted by Gasteiger charge is -2.51. The van der Waals surface area contributed by atoms with Crippen LogP contribution in [0, 0.1) is 5.82 Å². The second kappa shape index (κ2) is 7.41. The fraction of sp³-hybridized carbons (Fsp3) is 0.611. The number of halogens is 1. The zero-order chi connectivity index (χ0) is 16.1. The molecule has 1 saturated heterocycles. The average Bonchev–Trinajstić information content (AvgIpc) is 2.54. The average molecular weight is 320 g/mol. The minimum Gasteiger partial charge on any atom is -0.379 e. The third-order valence-corrected chi connectivity index (χ3v) is 5.16. The predicted octanol–water partition coefficient (Wildman–Crippen LogP) is 2.13. The first-order chi connectivity index (χ1) is 11.2. The van der Waals surface area contributed by atoms with Gasteiger partial charge in [0.25, 0.3) is 0 Å². The van der Waals surface area contributed by atoms with E-state index >= 15 is 0 Å². The van der Waals surface area contributed by atoms with Crippen LogP contribution in [0.4, 0.5) is 4.39 Å². The first-order valence-electron chi connectivity index (χ1n) is 8.53. The molecule has 2 fully saturated rings. The van der Waals surface area contributed by atoms with Crippen molar-refractivity contribution in [2.45, 2.75) is 37.6 Å². The van der Waals surface area contributed by atoms with Crippen molar-refractivity contribution in [3.63, 3.8) is 0 Å². The standard InChI is InChI=1S/C18H25FN2O2/c19-16-5-2-1-4-15(16)6-7-17(22)20-14-18(8-3-9-18)21-10-12-23-13-11-21/h1-2,4-5H,3,6-14H2,(H,20,22). The molecule has 1 aliphatic carbocycles. The first-order valence-corrected chi connectivity index (χ1v) is 8.53. The molecule has 126 valence electrons. The number of amides is 1. The molecule has 2 aliphatic rings. The molecule has 0 unspecified atom stereocenters. The van der Waals surface area contributed by atoms with Gasteiger partial charge in [-0.05, 0) is 37.3 Å². The molecule has 1 aromatic carbocycles. The Morgan fingerprint density at radius 1 is 1.26 bits per heavy atom. The van der Waals surface area contributed by atoms with Gasteiger partial charge in [0.15, 0.2) is 0 Å². The summed E-state index contributed by atoms with van der Waals surface area (Å²) >= 11 is 0.